The van der Waals surface area contributed by atoms with Gasteiger partial charge in [0.1, 0.15) is 11.3 Å². The van der Waals surface area contributed by atoms with E-state index in [9.17, 15) is 4.79 Å². The van der Waals surface area contributed by atoms with Gasteiger partial charge in [0.05, 0.1) is 7.11 Å². The van der Waals surface area contributed by atoms with Gasteiger partial charge in [-0.3, -0.25) is 4.90 Å². The van der Waals surface area contributed by atoms with E-state index >= 15 is 0 Å². The summed E-state index contributed by atoms with van der Waals surface area (Å²) in [5.74, 6) is 0.235. The van der Waals surface area contributed by atoms with E-state index in [1.54, 1.807) is 6.07 Å². The molecule has 1 N–H and O–H groups in total. The third kappa shape index (κ3) is 3.47. The number of likely N-dealkylation sites (tertiary alicyclic amines) is 1. The van der Waals surface area contributed by atoms with Gasteiger partial charge >= 0.3 is 5.97 Å². The number of carboxylic acid groups (broad SMARTS) is 1. The quantitative estimate of drug-likeness (QED) is 0.907. The number of methoxy groups -OCH3 is 1. The third-order valence-electron chi connectivity index (χ3n) is 3.64. The lowest BCUT2D eigenvalue weighted by molar-refractivity contribution is 0.0693. The number of carbonyl (C=O) groups is 1. The van der Waals surface area contributed by atoms with Crippen LogP contribution in [0.1, 0.15) is 35.7 Å². The van der Waals surface area contributed by atoms with Crippen LogP contribution < -0.4 is 4.74 Å². The van der Waals surface area contributed by atoms with E-state index in [2.05, 4.69) is 11.8 Å². The van der Waals surface area contributed by atoms with Crippen molar-refractivity contribution in [3.8, 4) is 5.75 Å². The Morgan fingerprint density at radius 1 is 1.53 bits per heavy atom. The summed E-state index contributed by atoms with van der Waals surface area (Å²) in [4.78, 5) is 13.5. The molecule has 1 aromatic carbocycles. The van der Waals surface area contributed by atoms with Crippen LogP contribution in [0.4, 0.5) is 0 Å². The molecule has 0 saturated carbocycles. The Hall–Kier alpha value is -1.55. The molecule has 4 heteroatoms. The third-order valence-corrected chi connectivity index (χ3v) is 3.64. The zero-order valence-electron chi connectivity index (χ0n) is 11.6. The molecule has 19 heavy (non-hydrogen) atoms. The highest BCUT2D eigenvalue weighted by molar-refractivity contribution is 5.90. The summed E-state index contributed by atoms with van der Waals surface area (Å²) in [6.07, 6.45) is 2.54. The van der Waals surface area contributed by atoms with Gasteiger partial charge in [0.15, 0.2) is 0 Å². The number of carboxylic acids is 1. The van der Waals surface area contributed by atoms with Gasteiger partial charge in [-0.25, -0.2) is 4.79 Å². The Morgan fingerprint density at radius 2 is 2.32 bits per heavy atom. The van der Waals surface area contributed by atoms with Crippen molar-refractivity contribution in [2.75, 3.05) is 20.2 Å². The first-order chi connectivity index (χ1) is 9.10. The van der Waals surface area contributed by atoms with Crippen LogP contribution in [0.15, 0.2) is 18.2 Å². The predicted molar refractivity (Wildman–Crippen MR) is 73.6 cm³/mol. The minimum atomic E-state index is -0.949. The van der Waals surface area contributed by atoms with E-state index < -0.39 is 5.97 Å². The van der Waals surface area contributed by atoms with E-state index in [4.69, 9.17) is 9.84 Å². The number of hydrogen-bond acceptors (Lipinski definition) is 3. The van der Waals surface area contributed by atoms with Gasteiger partial charge in [-0.2, -0.15) is 0 Å². The topological polar surface area (TPSA) is 49.8 Å². The molecule has 1 aliphatic heterocycles. The maximum Gasteiger partial charge on any atom is 0.339 e. The lowest BCUT2D eigenvalue weighted by Gasteiger charge is -2.30. The van der Waals surface area contributed by atoms with Crippen LogP contribution in [-0.2, 0) is 6.54 Å². The predicted octanol–water partition coefficient (Wildman–Crippen LogP) is 2.63. The number of hydrogen-bond donors (Lipinski definition) is 1. The van der Waals surface area contributed by atoms with Crippen molar-refractivity contribution in [1.29, 1.82) is 0 Å². The summed E-state index contributed by atoms with van der Waals surface area (Å²) in [6, 6.07) is 5.35. The number of rotatable bonds is 4. The van der Waals surface area contributed by atoms with Crippen LogP contribution in [0.5, 0.6) is 5.75 Å². The minimum absolute atomic E-state index is 0.221. The Balaban J connectivity index is 2.10. The highest BCUT2D eigenvalue weighted by atomic mass is 16.5. The summed E-state index contributed by atoms with van der Waals surface area (Å²) in [5.41, 5.74) is 1.33. The van der Waals surface area contributed by atoms with Gasteiger partial charge in [0, 0.05) is 13.1 Å². The summed E-state index contributed by atoms with van der Waals surface area (Å²) >= 11 is 0. The van der Waals surface area contributed by atoms with Crippen LogP contribution in [0.25, 0.3) is 0 Å². The number of piperidine rings is 1. The fourth-order valence-corrected chi connectivity index (χ4v) is 2.70. The summed E-state index contributed by atoms with van der Waals surface area (Å²) < 4.78 is 5.16. The molecule has 0 aromatic heterocycles. The van der Waals surface area contributed by atoms with Crippen molar-refractivity contribution in [3.05, 3.63) is 29.3 Å². The molecular weight excluding hydrogens is 242 g/mol. The number of nitrogens with zero attached hydrogens (tertiary/aromatic N) is 1. The van der Waals surface area contributed by atoms with Gasteiger partial charge in [0.25, 0.3) is 0 Å². The van der Waals surface area contributed by atoms with Crippen molar-refractivity contribution in [3.63, 3.8) is 0 Å². The molecular formula is C15H21NO3. The molecule has 0 radical (unpaired) electrons. The van der Waals surface area contributed by atoms with Crippen molar-refractivity contribution in [2.24, 2.45) is 5.92 Å². The highest BCUT2D eigenvalue weighted by Gasteiger charge is 2.17. The standard InChI is InChI=1S/C15H21NO3/c1-11-4-3-7-16(9-11)10-12-5-6-13(15(17)18)14(8-12)19-2/h5-6,8,11H,3-4,7,9-10H2,1-2H3,(H,17,18). The normalized spacial score (nSPS) is 20.2. The Labute approximate surface area is 114 Å². The van der Waals surface area contributed by atoms with Crippen molar-refractivity contribution >= 4 is 5.97 Å². The van der Waals surface area contributed by atoms with Crippen LogP contribution >= 0.6 is 0 Å². The van der Waals surface area contributed by atoms with E-state index in [1.807, 2.05) is 12.1 Å². The monoisotopic (exact) mass is 263 g/mol. The molecule has 1 heterocycles. The molecule has 4 nitrogen and oxygen atoms in total. The largest absolute Gasteiger partial charge is 0.496 e. The minimum Gasteiger partial charge on any atom is -0.496 e. The van der Waals surface area contributed by atoms with E-state index in [0.29, 0.717) is 5.75 Å². The van der Waals surface area contributed by atoms with Gasteiger partial charge in [-0.15, -0.1) is 0 Å². The fraction of sp³-hybridized carbons (Fsp3) is 0.533. The number of aromatic carboxylic acids is 1. The zero-order valence-corrected chi connectivity index (χ0v) is 11.6. The molecule has 1 aromatic rings. The molecule has 0 aliphatic carbocycles. The molecule has 1 saturated heterocycles. The Bertz CT molecular complexity index is 459. The molecule has 0 bridgehead atoms. The number of benzene rings is 1. The maximum absolute atomic E-state index is 11.0. The van der Waals surface area contributed by atoms with E-state index in [1.165, 1.54) is 20.0 Å². The van der Waals surface area contributed by atoms with Crippen LogP contribution in [0, 0.1) is 5.92 Å². The second-order valence-corrected chi connectivity index (χ2v) is 5.32. The van der Waals surface area contributed by atoms with Gasteiger partial charge in [0.2, 0.25) is 0 Å². The smallest absolute Gasteiger partial charge is 0.339 e. The Morgan fingerprint density at radius 3 is 2.95 bits per heavy atom. The Kier molecular flexibility index (Phi) is 4.43. The van der Waals surface area contributed by atoms with E-state index in [-0.39, 0.29) is 5.56 Å². The molecule has 0 spiro atoms. The molecule has 2 rings (SSSR count). The van der Waals surface area contributed by atoms with Gasteiger partial charge in [-0.1, -0.05) is 13.0 Å². The molecule has 1 unspecified atom stereocenters. The van der Waals surface area contributed by atoms with Crippen molar-refractivity contribution < 1.29 is 14.6 Å². The van der Waals surface area contributed by atoms with Crippen molar-refractivity contribution in [2.45, 2.75) is 26.3 Å². The van der Waals surface area contributed by atoms with Crippen LogP contribution in [-0.4, -0.2) is 36.2 Å². The first-order valence-electron chi connectivity index (χ1n) is 6.72. The first-order valence-corrected chi connectivity index (χ1v) is 6.72. The second kappa shape index (κ2) is 6.06. The second-order valence-electron chi connectivity index (χ2n) is 5.32. The average molecular weight is 263 g/mol. The molecule has 1 aliphatic rings. The summed E-state index contributed by atoms with van der Waals surface area (Å²) in [7, 11) is 1.51. The lowest BCUT2D eigenvalue weighted by Crippen LogP contribution is -2.33. The SMILES string of the molecule is COc1cc(CN2CCCC(C)C2)ccc1C(=O)O. The van der Waals surface area contributed by atoms with Crippen LogP contribution in [0.2, 0.25) is 0 Å². The lowest BCUT2D eigenvalue weighted by atomic mass is 9.99. The van der Waals surface area contributed by atoms with E-state index in [0.717, 1.165) is 31.1 Å². The molecule has 1 atom stereocenters. The molecule has 104 valence electrons. The summed E-state index contributed by atoms with van der Waals surface area (Å²) in [5, 5.41) is 9.05. The zero-order chi connectivity index (χ0) is 13.8. The first kappa shape index (κ1) is 13.9. The van der Waals surface area contributed by atoms with Crippen molar-refractivity contribution in [1.82, 2.24) is 4.90 Å². The summed E-state index contributed by atoms with van der Waals surface area (Å²) in [6.45, 7) is 5.37. The highest BCUT2D eigenvalue weighted by Crippen LogP contribution is 2.23. The average Bonchev–Trinajstić information content (AvgIpc) is 2.38. The maximum atomic E-state index is 11.0. The molecule has 1 fully saturated rings. The van der Waals surface area contributed by atoms with Gasteiger partial charge in [-0.05, 0) is 43.0 Å². The number of ether oxygens (including phenoxy) is 1. The molecule has 0 amide bonds. The van der Waals surface area contributed by atoms with Gasteiger partial charge < -0.3 is 9.84 Å². The fourth-order valence-electron chi connectivity index (χ4n) is 2.70. The van der Waals surface area contributed by atoms with Crippen LogP contribution in [0.3, 0.4) is 0 Å².